The zero-order chi connectivity index (χ0) is 13.3. The van der Waals surface area contributed by atoms with Gasteiger partial charge in [0.05, 0.1) is 5.92 Å². The van der Waals surface area contributed by atoms with E-state index in [1.54, 1.807) is 13.1 Å². The smallest absolute Gasteiger partial charge is 0.237 e. The highest BCUT2D eigenvalue weighted by molar-refractivity contribution is 9.11. The van der Waals surface area contributed by atoms with Gasteiger partial charge in [0.15, 0.2) is 0 Å². The molecular weight excluding hydrogens is 366 g/mol. The molecule has 0 aliphatic rings. The van der Waals surface area contributed by atoms with Gasteiger partial charge in [-0.3, -0.25) is 9.78 Å². The third-order valence-electron chi connectivity index (χ3n) is 2.44. The quantitative estimate of drug-likeness (QED) is 0.823. The van der Waals surface area contributed by atoms with Gasteiger partial charge in [-0.25, -0.2) is 0 Å². The molecule has 2 aromatic heterocycles. The number of hydrogen-bond acceptors (Lipinski definition) is 5. The van der Waals surface area contributed by atoms with Crippen molar-refractivity contribution in [3.05, 3.63) is 27.1 Å². The van der Waals surface area contributed by atoms with Crippen LogP contribution in [0.25, 0.3) is 11.5 Å². The van der Waals surface area contributed by atoms with E-state index in [-0.39, 0.29) is 5.78 Å². The summed E-state index contributed by atoms with van der Waals surface area (Å²) in [6, 6.07) is 1.84. The molecule has 2 heterocycles. The zero-order valence-electron chi connectivity index (χ0n) is 9.65. The fraction of sp³-hybridized carbons (Fsp3) is 0.273. The van der Waals surface area contributed by atoms with Crippen LogP contribution in [0.3, 0.4) is 0 Å². The summed E-state index contributed by atoms with van der Waals surface area (Å²) in [5.41, 5.74) is 0.573. The maximum Gasteiger partial charge on any atom is 0.237 e. The molecule has 0 amide bonds. The van der Waals surface area contributed by atoms with Crippen molar-refractivity contribution < 1.29 is 9.32 Å². The molecule has 0 fully saturated rings. The second-order valence-corrected chi connectivity index (χ2v) is 5.54. The highest BCUT2D eigenvalue weighted by atomic mass is 79.9. The van der Waals surface area contributed by atoms with Gasteiger partial charge in [-0.15, -0.1) is 0 Å². The van der Waals surface area contributed by atoms with Crippen LogP contribution in [-0.2, 0) is 4.79 Å². The topological polar surface area (TPSA) is 68.9 Å². The molecule has 0 aromatic carbocycles. The monoisotopic (exact) mass is 373 g/mol. The highest BCUT2D eigenvalue weighted by Crippen LogP contribution is 2.27. The van der Waals surface area contributed by atoms with Gasteiger partial charge >= 0.3 is 0 Å². The number of ketones is 1. The Bertz CT molecular complexity index is 598. The molecule has 7 heteroatoms. The lowest BCUT2D eigenvalue weighted by Crippen LogP contribution is -2.04. The lowest BCUT2D eigenvalue weighted by Gasteiger charge is -1.99. The molecule has 0 saturated heterocycles. The van der Waals surface area contributed by atoms with Crippen LogP contribution in [0.15, 0.2) is 25.7 Å². The van der Waals surface area contributed by atoms with Crippen molar-refractivity contribution in [2.75, 3.05) is 0 Å². The van der Waals surface area contributed by atoms with Crippen LogP contribution >= 0.6 is 31.9 Å². The molecule has 94 valence electrons. The molecule has 0 spiro atoms. The van der Waals surface area contributed by atoms with Crippen molar-refractivity contribution in [3.8, 4) is 11.5 Å². The molecule has 1 atom stereocenters. The Labute approximate surface area is 120 Å². The Balaban J connectivity index is 2.38. The molecule has 2 rings (SSSR count). The number of aromatic nitrogens is 3. The summed E-state index contributed by atoms with van der Waals surface area (Å²) in [6.45, 7) is 3.21. The maximum atomic E-state index is 11.2. The standard InChI is InChI=1S/C11H9Br2N3O2/c1-5(6(2)17)11-15-10(16-18-11)9-8(13)3-7(12)4-14-9/h3-5H,1-2H3. The lowest BCUT2D eigenvalue weighted by molar-refractivity contribution is -0.118. The van der Waals surface area contributed by atoms with Crippen LogP contribution in [-0.4, -0.2) is 20.9 Å². The average molecular weight is 375 g/mol. The zero-order valence-corrected chi connectivity index (χ0v) is 12.8. The van der Waals surface area contributed by atoms with E-state index in [9.17, 15) is 4.79 Å². The molecule has 5 nitrogen and oxygen atoms in total. The van der Waals surface area contributed by atoms with Crippen molar-refractivity contribution in [2.24, 2.45) is 0 Å². The summed E-state index contributed by atoms with van der Waals surface area (Å²) < 4.78 is 6.67. The largest absolute Gasteiger partial charge is 0.338 e. The van der Waals surface area contributed by atoms with E-state index in [2.05, 4.69) is 47.0 Å². The first-order valence-electron chi connectivity index (χ1n) is 5.14. The minimum atomic E-state index is -0.402. The van der Waals surface area contributed by atoms with E-state index < -0.39 is 5.92 Å². The van der Waals surface area contributed by atoms with Crippen LogP contribution in [0, 0.1) is 0 Å². The summed E-state index contributed by atoms with van der Waals surface area (Å²) in [6.07, 6.45) is 1.64. The van der Waals surface area contributed by atoms with Crippen LogP contribution < -0.4 is 0 Å². The molecule has 0 saturated carbocycles. The Morgan fingerprint density at radius 1 is 1.44 bits per heavy atom. The van der Waals surface area contributed by atoms with Gasteiger partial charge in [-0.05, 0) is 51.8 Å². The molecule has 1 unspecified atom stereocenters. The van der Waals surface area contributed by atoms with Crippen LogP contribution in [0.1, 0.15) is 25.7 Å². The number of nitrogens with zero attached hydrogens (tertiary/aromatic N) is 3. The summed E-state index contributed by atoms with van der Waals surface area (Å²) in [4.78, 5) is 19.6. The Morgan fingerprint density at radius 3 is 2.78 bits per heavy atom. The number of pyridine rings is 1. The number of carbonyl (C=O) groups is 1. The van der Waals surface area contributed by atoms with Crippen molar-refractivity contribution in [2.45, 2.75) is 19.8 Å². The fourth-order valence-corrected chi connectivity index (χ4v) is 2.43. The van der Waals surface area contributed by atoms with Crippen LogP contribution in [0.4, 0.5) is 0 Å². The maximum absolute atomic E-state index is 11.2. The predicted octanol–water partition coefficient (Wildman–Crippen LogP) is 3.35. The van der Waals surface area contributed by atoms with Gasteiger partial charge < -0.3 is 4.52 Å². The average Bonchev–Trinajstić information content (AvgIpc) is 2.77. The normalized spacial score (nSPS) is 12.4. The molecule has 0 aliphatic carbocycles. The van der Waals surface area contributed by atoms with E-state index in [0.29, 0.717) is 17.4 Å². The third-order valence-corrected chi connectivity index (χ3v) is 3.48. The first-order valence-corrected chi connectivity index (χ1v) is 6.73. The van der Waals surface area contributed by atoms with Crippen LogP contribution in [0.5, 0.6) is 0 Å². The van der Waals surface area contributed by atoms with Gasteiger partial charge in [0.1, 0.15) is 11.5 Å². The van der Waals surface area contributed by atoms with Crippen molar-refractivity contribution in [3.63, 3.8) is 0 Å². The summed E-state index contributed by atoms with van der Waals surface area (Å²) in [7, 11) is 0. The van der Waals surface area contributed by atoms with E-state index in [1.807, 2.05) is 6.07 Å². The first-order chi connectivity index (χ1) is 8.49. The minimum absolute atomic E-state index is 0.0203. The van der Waals surface area contributed by atoms with E-state index in [4.69, 9.17) is 4.52 Å². The molecule has 2 aromatic rings. The lowest BCUT2D eigenvalue weighted by atomic mass is 10.1. The van der Waals surface area contributed by atoms with Gasteiger partial charge in [0.2, 0.25) is 11.7 Å². The van der Waals surface area contributed by atoms with Gasteiger partial charge in [-0.2, -0.15) is 4.98 Å². The minimum Gasteiger partial charge on any atom is -0.338 e. The van der Waals surface area contributed by atoms with Crippen LogP contribution in [0.2, 0.25) is 0 Å². The van der Waals surface area contributed by atoms with Crippen molar-refractivity contribution in [1.29, 1.82) is 0 Å². The Hall–Kier alpha value is -1.08. The molecule has 0 N–H and O–H groups in total. The number of rotatable bonds is 3. The van der Waals surface area contributed by atoms with Crippen molar-refractivity contribution in [1.82, 2.24) is 15.1 Å². The van der Waals surface area contributed by atoms with E-state index in [1.165, 1.54) is 6.92 Å². The SMILES string of the molecule is CC(=O)C(C)c1nc(-c2ncc(Br)cc2Br)no1. The molecule has 0 aliphatic heterocycles. The van der Waals surface area contributed by atoms with E-state index in [0.717, 1.165) is 8.95 Å². The number of carbonyl (C=O) groups excluding carboxylic acids is 1. The first kappa shape index (κ1) is 13.4. The number of Topliss-reactive ketones (excluding diaryl/α,β-unsaturated/α-hetero) is 1. The molecule has 18 heavy (non-hydrogen) atoms. The second kappa shape index (κ2) is 5.27. The number of hydrogen-bond donors (Lipinski definition) is 0. The van der Waals surface area contributed by atoms with Gasteiger partial charge in [0, 0.05) is 15.1 Å². The predicted molar refractivity (Wildman–Crippen MR) is 72.0 cm³/mol. The Morgan fingerprint density at radius 2 is 2.17 bits per heavy atom. The van der Waals surface area contributed by atoms with Gasteiger partial charge in [-0.1, -0.05) is 5.16 Å². The molecule has 0 bridgehead atoms. The summed E-state index contributed by atoms with van der Waals surface area (Å²) in [5.74, 6) is 0.236. The summed E-state index contributed by atoms with van der Waals surface area (Å²) in [5, 5.41) is 3.83. The third kappa shape index (κ3) is 2.67. The van der Waals surface area contributed by atoms with E-state index >= 15 is 0 Å². The number of halogens is 2. The fourth-order valence-electron chi connectivity index (χ4n) is 1.26. The molecular formula is C11H9Br2N3O2. The van der Waals surface area contributed by atoms with Gasteiger partial charge in [0.25, 0.3) is 0 Å². The second-order valence-electron chi connectivity index (χ2n) is 3.77. The Kier molecular flexibility index (Phi) is 3.91. The summed E-state index contributed by atoms with van der Waals surface area (Å²) >= 11 is 6.69. The van der Waals surface area contributed by atoms with Crippen molar-refractivity contribution >= 4 is 37.6 Å². The highest BCUT2D eigenvalue weighted by Gasteiger charge is 2.20. The molecule has 0 radical (unpaired) electrons.